The van der Waals surface area contributed by atoms with Crippen molar-refractivity contribution in [2.75, 3.05) is 6.61 Å². The number of ether oxygens (including phenoxy) is 1. The predicted molar refractivity (Wildman–Crippen MR) is 150 cm³/mol. The summed E-state index contributed by atoms with van der Waals surface area (Å²) in [5.41, 5.74) is -1.01. The Kier molecular flexibility index (Phi) is 12.5. The molecule has 1 saturated carbocycles. The minimum Gasteiger partial charge on any atom is -0.392 e. The minimum atomic E-state index is -1.33. The van der Waals surface area contributed by atoms with E-state index < -0.39 is 59.7 Å². The van der Waals surface area contributed by atoms with Crippen molar-refractivity contribution in [3.63, 3.8) is 0 Å². The standard InChI is InChI=1S/C29H58N2O7/c1-26(2,3)16-28(7,8)22(34)14-20(33)18(30-25(37)31-29(9,10)17-27(4,5)6)15-38-21-13-11-12-19(32)23(35)24(21)36/h18-24,32-36H,11-17H2,1-10H3,(H2,30,31,37). The van der Waals surface area contributed by atoms with E-state index in [0.29, 0.717) is 19.3 Å². The van der Waals surface area contributed by atoms with Crippen molar-refractivity contribution in [3.05, 3.63) is 0 Å². The summed E-state index contributed by atoms with van der Waals surface area (Å²) in [5.74, 6) is 0. The lowest BCUT2D eigenvalue weighted by molar-refractivity contribution is -0.121. The van der Waals surface area contributed by atoms with Crippen LogP contribution < -0.4 is 10.6 Å². The lowest BCUT2D eigenvalue weighted by Gasteiger charge is -2.38. The SMILES string of the molecule is CC(C)(C)CC(C)(C)NC(=O)NC(COC1CCCC(O)C(O)C1O)C(O)CC(O)C(C)(C)CC(C)(C)C. The zero-order valence-corrected chi connectivity index (χ0v) is 25.5. The number of rotatable bonds is 11. The Labute approximate surface area is 230 Å². The van der Waals surface area contributed by atoms with Crippen LogP contribution in [0.2, 0.25) is 0 Å². The Bertz CT molecular complexity index is 729. The molecule has 0 saturated heterocycles. The lowest BCUT2D eigenvalue weighted by Crippen LogP contribution is -2.56. The van der Waals surface area contributed by atoms with Crippen LogP contribution >= 0.6 is 0 Å². The average Bonchev–Trinajstić information content (AvgIpc) is 2.80. The van der Waals surface area contributed by atoms with E-state index in [4.69, 9.17) is 4.74 Å². The molecule has 7 N–H and O–H groups in total. The maximum atomic E-state index is 13.0. The van der Waals surface area contributed by atoms with Gasteiger partial charge in [0.2, 0.25) is 0 Å². The second kappa shape index (κ2) is 13.6. The molecule has 1 rings (SSSR count). The fraction of sp³-hybridized carbons (Fsp3) is 0.966. The van der Waals surface area contributed by atoms with E-state index >= 15 is 0 Å². The van der Waals surface area contributed by atoms with Gasteiger partial charge < -0.3 is 40.9 Å². The van der Waals surface area contributed by atoms with Crippen LogP contribution in [0.4, 0.5) is 4.79 Å². The molecule has 1 aliphatic rings. The van der Waals surface area contributed by atoms with Crippen LogP contribution in [0.5, 0.6) is 0 Å². The number of aliphatic hydroxyl groups is 5. The fourth-order valence-corrected chi connectivity index (χ4v) is 6.05. The second-order valence-electron chi connectivity index (χ2n) is 15.2. The average molecular weight is 547 g/mol. The van der Waals surface area contributed by atoms with Crippen LogP contribution in [0.25, 0.3) is 0 Å². The summed E-state index contributed by atoms with van der Waals surface area (Å²) in [5, 5.41) is 58.7. The molecule has 0 bridgehead atoms. The van der Waals surface area contributed by atoms with E-state index in [9.17, 15) is 30.3 Å². The highest BCUT2D eigenvalue weighted by Gasteiger charge is 2.38. The molecule has 0 aromatic rings. The topological polar surface area (TPSA) is 152 Å². The van der Waals surface area contributed by atoms with E-state index in [2.05, 4.69) is 52.2 Å². The molecule has 0 aromatic heterocycles. The first-order chi connectivity index (χ1) is 17.0. The molecular formula is C29H58N2O7. The van der Waals surface area contributed by atoms with Crippen LogP contribution in [0, 0.1) is 16.2 Å². The van der Waals surface area contributed by atoms with Crippen LogP contribution in [0.1, 0.15) is 108 Å². The van der Waals surface area contributed by atoms with Gasteiger partial charge in [0, 0.05) is 12.0 Å². The number of aliphatic hydroxyl groups excluding tert-OH is 5. The number of carbonyl (C=O) groups is 1. The molecule has 7 atom stereocenters. The van der Waals surface area contributed by atoms with Gasteiger partial charge in [-0.25, -0.2) is 4.79 Å². The highest BCUT2D eigenvalue weighted by atomic mass is 16.5. The van der Waals surface area contributed by atoms with Gasteiger partial charge in [0.05, 0.1) is 37.1 Å². The van der Waals surface area contributed by atoms with Gasteiger partial charge in [-0.15, -0.1) is 0 Å². The fourth-order valence-electron chi connectivity index (χ4n) is 6.05. The van der Waals surface area contributed by atoms with Gasteiger partial charge in [-0.3, -0.25) is 0 Å². The number of nitrogens with one attached hydrogen (secondary N) is 2. The number of hydrogen-bond acceptors (Lipinski definition) is 7. The highest BCUT2D eigenvalue weighted by molar-refractivity contribution is 5.75. The molecule has 226 valence electrons. The maximum absolute atomic E-state index is 13.0. The molecule has 2 amide bonds. The molecule has 9 heteroatoms. The molecule has 0 spiro atoms. The van der Waals surface area contributed by atoms with E-state index in [1.54, 1.807) is 0 Å². The largest absolute Gasteiger partial charge is 0.392 e. The third-order valence-corrected chi connectivity index (χ3v) is 7.16. The summed E-state index contributed by atoms with van der Waals surface area (Å²) >= 11 is 0. The Morgan fingerprint density at radius 3 is 1.95 bits per heavy atom. The van der Waals surface area contributed by atoms with Crippen LogP contribution in [0.3, 0.4) is 0 Å². The van der Waals surface area contributed by atoms with E-state index in [0.717, 1.165) is 12.8 Å². The molecule has 0 heterocycles. The molecule has 1 fully saturated rings. The molecule has 1 aliphatic carbocycles. The Hall–Kier alpha value is -0.970. The van der Waals surface area contributed by atoms with Crippen LogP contribution in [-0.2, 0) is 4.74 Å². The van der Waals surface area contributed by atoms with Crippen LogP contribution in [0.15, 0.2) is 0 Å². The van der Waals surface area contributed by atoms with E-state index in [1.165, 1.54) is 0 Å². The summed E-state index contributed by atoms with van der Waals surface area (Å²) in [6.07, 6.45) is -3.56. The van der Waals surface area contributed by atoms with Gasteiger partial charge in [0.15, 0.2) is 0 Å². The van der Waals surface area contributed by atoms with Gasteiger partial charge in [0.25, 0.3) is 0 Å². The van der Waals surface area contributed by atoms with Crippen LogP contribution in [-0.4, -0.2) is 86.4 Å². The quantitative estimate of drug-likeness (QED) is 0.197. The number of urea groups is 1. The number of carbonyl (C=O) groups excluding carboxylic acids is 1. The summed E-state index contributed by atoms with van der Waals surface area (Å²) in [7, 11) is 0. The first-order valence-electron chi connectivity index (χ1n) is 14.1. The van der Waals surface area contributed by atoms with Gasteiger partial charge in [-0.2, -0.15) is 0 Å². The van der Waals surface area contributed by atoms with Crippen molar-refractivity contribution < 1.29 is 35.1 Å². The number of hydrogen-bond donors (Lipinski definition) is 7. The van der Waals surface area contributed by atoms with Crippen molar-refractivity contribution in [1.82, 2.24) is 10.6 Å². The lowest BCUT2D eigenvalue weighted by atomic mass is 9.71. The third-order valence-electron chi connectivity index (χ3n) is 7.16. The second-order valence-corrected chi connectivity index (χ2v) is 15.2. The predicted octanol–water partition coefficient (Wildman–Crippen LogP) is 3.10. The maximum Gasteiger partial charge on any atom is 0.315 e. The van der Waals surface area contributed by atoms with Gasteiger partial charge in [-0.05, 0) is 62.2 Å². The monoisotopic (exact) mass is 546 g/mol. The summed E-state index contributed by atoms with van der Waals surface area (Å²) in [4.78, 5) is 13.0. The molecule has 0 aliphatic heterocycles. The minimum absolute atomic E-state index is 0.0113. The summed E-state index contributed by atoms with van der Waals surface area (Å²) < 4.78 is 5.93. The Morgan fingerprint density at radius 2 is 1.42 bits per heavy atom. The zero-order valence-electron chi connectivity index (χ0n) is 25.5. The normalized spacial score (nSPS) is 26.3. The third kappa shape index (κ3) is 12.5. The highest BCUT2D eigenvalue weighted by Crippen LogP contribution is 2.37. The molecule has 38 heavy (non-hydrogen) atoms. The Balaban J connectivity index is 3.02. The van der Waals surface area contributed by atoms with E-state index in [1.807, 2.05) is 27.7 Å². The summed E-state index contributed by atoms with van der Waals surface area (Å²) in [6.45, 7) is 20.3. The van der Waals surface area contributed by atoms with Gasteiger partial charge >= 0.3 is 6.03 Å². The van der Waals surface area contributed by atoms with Crippen molar-refractivity contribution in [2.45, 2.75) is 156 Å². The van der Waals surface area contributed by atoms with Crippen molar-refractivity contribution in [3.8, 4) is 0 Å². The molecule has 7 unspecified atom stereocenters. The first-order valence-corrected chi connectivity index (χ1v) is 14.1. The smallest absolute Gasteiger partial charge is 0.315 e. The van der Waals surface area contributed by atoms with Crippen molar-refractivity contribution >= 4 is 6.03 Å². The number of amides is 2. The zero-order chi connectivity index (χ0) is 29.7. The Morgan fingerprint density at radius 1 is 0.868 bits per heavy atom. The van der Waals surface area contributed by atoms with Crippen molar-refractivity contribution in [2.24, 2.45) is 16.2 Å². The summed E-state index contributed by atoms with van der Waals surface area (Å²) in [6, 6.07) is -1.34. The van der Waals surface area contributed by atoms with Gasteiger partial charge in [0.1, 0.15) is 12.2 Å². The molecule has 0 aromatic carbocycles. The molecule has 0 radical (unpaired) electrons. The first kappa shape index (κ1) is 35.1. The van der Waals surface area contributed by atoms with Crippen molar-refractivity contribution in [1.29, 1.82) is 0 Å². The van der Waals surface area contributed by atoms with Gasteiger partial charge in [-0.1, -0.05) is 55.4 Å². The van der Waals surface area contributed by atoms with E-state index in [-0.39, 0.29) is 23.9 Å². The molecular weight excluding hydrogens is 488 g/mol. The molecule has 9 nitrogen and oxygen atoms in total.